The molecule has 1 saturated heterocycles. The van der Waals surface area contributed by atoms with Crippen molar-refractivity contribution in [2.45, 2.75) is 39.0 Å². The monoisotopic (exact) mass is 308 g/mol. The molecule has 1 aromatic rings. The second kappa shape index (κ2) is 6.80. The largest absolute Gasteiger partial charge is 0.326 e. The lowest BCUT2D eigenvalue weighted by molar-refractivity contribution is -0.118. The van der Waals surface area contributed by atoms with Crippen LogP contribution in [-0.4, -0.2) is 19.0 Å². The van der Waals surface area contributed by atoms with Gasteiger partial charge in [0.2, 0.25) is 5.91 Å². The van der Waals surface area contributed by atoms with Crippen LogP contribution in [0, 0.1) is 11.3 Å². The molecule has 2 N–H and O–H groups in total. The molecule has 1 unspecified atom stereocenters. The minimum absolute atomic E-state index is 0. The summed E-state index contributed by atoms with van der Waals surface area (Å²) in [7, 11) is 0. The summed E-state index contributed by atoms with van der Waals surface area (Å²) in [5.41, 5.74) is 2.58. The highest BCUT2D eigenvalue weighted by Gasteiger charge is 2.57. The Morgan fingerprint density at radius 1 is 1.33 bits per heavy atom. The zero-order valence-electron chi connectivity index (χ0n) is 12.7. The van der Waals surface area contributed by atoms with Crippen LogP contribution >= 0.6 is 12.4 Å². The van der Waals surface area contributed by atoms with Crippen molar-refractivity contribution in [3.63, 3.8) is 0 Å². The maximum Gasteiger partial charge on any atom is 0.228 e. The first-order valence-electron chi connectivity index (χ1n) is 7.85. The molecule has 1 amide bonds. The fourth-order valence-corrected chi connectivity index (χ4v) is 3.55. The average molecular weight is 309 g/mol. The molecular weight excluding hydrogens is 284 g/mol. The minimum Gasteiger partial charge on any atom is -0.326 e. The lowest BCUT2D eigenvalue weighted by Crippen LogP contribution is -2.31. The summed E-state index contributed by atoms with van der Waals surface area (Å²) in [4.78, 5) is 12.5. The smallest absolute Gasteiger partial charge is 0.228 e. The maximum absolute atomic E-state index is 12.5. The van der Waals surface area contributed by atoms with Gasteiger partial charge in [0.15, 0.2) is 0 Å². The SMILES string of the molecule is CCCc1ccccc1NC(=O)C1CC12CCNCC2.Cl. The highest BCUT2D eigenvalue weighted by Crippen LogP contribution is 2.58. The van der Waals surface area contributed by atoms with E-state index in [-0.39, 0.29) is 24.2 Å². The molecule has 1 heterocycles. The number of halogens is 1. The number of para-hydroxylation sites is 1. The van der Waals surface area contributed by atoms with Crippen LogP contribution in [0.25, 0.3) is 0 Å². The zero-order chi connectivity index (χ0) is 14.0. The van der Waals surface area contributed by atoms with Crippen molar-refractivity contribution in [3.8, 4) is 0 Å². The normalized spacial score (nSPS) is 22.4. The fourth-order valence-electron chi connectivity index (χ4n) is 3.55. The van der Waals surface area contributed by atoms with Crippen LogP contribution in [0.15, 0.2) is 24.3 Å². The third kappa shape index (κ3) is 3.41. The number of carbonyl (C=O) groups excluding carboxylic acids is 1. The standard InChI is InChI=1S/C17H24N2O.ClH/c1-2-5-13-6-3-4-7-15(13)19-16(20)14-12-17(14)8-10-18-11-9-17;/h3-4,6-7,14,18H,2,5,8-12H2,1H3,(H,19,20);1H. The van der Waals surface area contributed by atoms with E-state index in [1.54, 1.807) is 0 Å². The van der Waals surface area contributed by atoms with Gasteiger partial charge in [0, 0.05) is 11.6 Å². The first kappa shape index (κ1) is 16.3. The van der Waals surface area contributed by atoms with Crippen LogP contribution in [0.5, 0.6) is 0 Å². The highest BCUT2D eigenvalue weighted by atomic mass is 35.5. The fraction of sp³-hybridized carbons (Fsp3) is 0.588. The van der Waals surface area contributed by atoms with Gasteiger partial charge in [-0.1, -0.05) is 31.5 Å². The first-order chi connectivity index (χ1) is 9.75. The van der Waals surface area contributed by atoms with E-state index in [1.807, 2.05) is 18.2 Å². The molecule has 2 fully saturated rings. The molecule has 0 aromatic heterocycles. The van der Waals surface area contributed by atoms with Gasteiger partial charge in [-0.2, -0.15) is 0 Å². The van der Waals surface area contributed by atoms with Crippen LogP contribution in [0.3, 0.4) is 0 Å². The summed E-state index contributed by atoms with van der Waals surface area (Å²) in [6.45, 7) is 4.30. The number of aryl methyl sites for hydroxylation is 1. The summed E-state index contributed by atoms with van der Waals surface area (Å²) >= 11 is 0. The Labute approximate surface area is 133 Å². The Kier molecular flexibility index (Phi) is 5.28. The number of carbonyl (C=O) groups is 1. The van der Waals surface area contributed by atoms with Gasteiger partial charge in [-0.15, -0.1) is 12.4 Å². The summed E-state index contributed by atoms with van der Waals surface area (Å²) in [6, 6.07) is 8.20. The molecule has 21 heavy (non-hydrogen) atoms. The van der Waals surface area contributed by atoms with E-state index < -0.39 is 0 Å². The van der Waals surface area contributed by atoms with Gasteiger partial charge in [0.1, 0.15) is 0 Å². The summed E-state index contributed by atoms with van der Waals surface area (Å²) in [6.07, 6.45) is 5.52. The van der Waals surface area contributed by atoms with E-state index in [1.165, 1.54) is 5.56 Å². The van der Waals surface area contributed by atoms with Crippen molar-refractivity contribution >= 4 is 24.0 Å². The third-order valence-electron chi connectivity index (χ3n) is 4.90. The van der Waals surface area contributed by atoms with E-state index in [9.17, 15) is 4.79 Å². The molecule has 1 aromatic carbocycles. The third-order valence-corrected chi connectivity index (χ3v) is 4.90. The van der Waals surface area contributed by atoms with Gasteiger partial charge in [0.25, 0.3) is 0 Å². The number of hydrogen-bond acceptors (Lipinski definition) is 2. The molecule has 0 bridgehead atoms. The molecule has 3 rings (SSSR count). The molecule has 1 aliphatic heterocycles. The number of anilines is 1. The van der Waals surface area contributed by atoms with Crippen molar-refractivity contribution < 1.29 is 4.79 Å². The van der Waals surface area contributed by atoms with Crippen molar-refractivity contribution in [2.75, 3.05) is 18.4 Å². The Hall–Kier alpha value is -1.06. The predicted octanol–water partition coefficient (Wildman–Crippen LogP) is 3.39. The Morgan fingerprint density at radius 2 is 2.05 bits per heavy atom. The summed E-state index contributed by atoms with van der Waals surface area (Å²) in [5.74, 6) is 0.467. The molecule has 3 nitrogen and oxygen atoms in total. The zero-order valence-corrected chi connectivity index (χ0v) is 13.5. The van der Waals surface area contributed by atoms with Gasteiger partial charge in [-0.05, 0) is 55.8 Å². The quantitative estimate of drug-likeness (QED) is 0.895. The van der Waals surface area contributed by atoms with Gasteiger partial charge < -0.3 is 10.6 Å². The van der Waals surface area contributed by atoms with Gasteiger partial charge in [-0.25, -0.2) is 0 Å². The lowest BCUT2D eigenvalue weighted by atomic mass is 9.91. The summed E-state index contributed by atoms with van der Waals surface area (Å²) in [5, 5.41) is 6.55. The maximum atomic E-state index is 12.5. The van der Waals surface area contributed by atoms with Crippen molar-refractivity contribution in [3.05, 3.63) is 29.8 Å². The van der Waals surface area contributed by atoms with Crippen molar-refractivity contribution in [2.24, 2.45) is 11.3 Å². The Morgan fingerprint density at radius 3 is 2.76 bits per heavy atom. The molecule has 1 saturated carbocycles. The average Bonchev–Trinajstić information content (AvgIpc) is 3.15. The van der Waals surface area contributed by atoms with Crippen LogP contribution in [0.4, 0.5) is 5.69 Å². The second-order valence-corrected chi connectivity index (χ2v) is 6.27. The van der Waals surface area contributed by atoms with E-state index >= 15 is 0 Å². The van der Waals surface area contributed by atoms with Gasteiger partial charge in [-0.3, -0.25) is 4.79 Å². The number of hydrogen-bond donors (Lipinski definition) is 2. The first-order valence-corrected chi connectivity index (χ1v) is 7.85. The highest BCUT2D eigenvalue weighted by molar-refractivity contribution is 5.95. The van der Waals surface area contributed by atoms with Crippen LogP contribution < -0.4 is 10.6 Å². The van der Waals surface area contributed by atoms with Crippen LogP contribution in [0.2, 0.25) is 0 Å². The predicted molar refractivity (Wildman–Crippen MR) is 89.0 cm³/mol. The molecule has 1 aliphatic carbocycles. The molecule has 1 spiro atoms. The van der Waals surface area contributed by atoms with Gasteiger partial charge >= 0.3 is 0 Å². The number of piperidine rings is 1. The van der Waals surface area contributed by atoms with E-state index in [2.05, 4.69) is 23.6 Å². The number of rotatable bonds is 4. The number of nitrogens with one attached hydrogen (secondary N) is 2. The molecule has 4 heteroatoms. The van der Waals surface area contributed by atoms with Gasteiger partial charge in [0.05, 0.1) is 0 Å². The minimum atomic E-state index is 0. The lowest BCUT2D eigenvalue weighted by Gasteiger charge is -2.23. The second-order valence-electron chi connectivity index (χ2n) is 6.27. The Balaban J connectivity index is 0.00000161. The molecule has 1 atom stereocenters. The molecule has 116 valence electrons. The van der Waals surface area contributed by atoms with E-state index in [0.29, 0.717) is 5.41 Å². The van der Waals surface area contributed by atoms with E-state index in [0.717, 1.165) is 50.9 Å². The summed E-state index contributed by atoms with van der Waals surface area (Å²) < 4.78 is 0. The van der Waals surface area contributed by atoms with Crippen molar-refractivity contribution in [1.82, 2.24) is 5.32 Å². The van der Waals surface area contributed by atoms with Crippen LogP contribution in [-0.2, 0) is 11.2 Å². The molecule has 0 radical (unpaired) electrons. The Bertz CT molecular complexity index is 497. The molecule has 2 aliphatic rings. The molecular formula is C17H25ClN2O. The van der Waals surface area contributed by atoms with E-state index in [4.69, 9.17) is 0 Å². The number of benzene rings is 1. The van der Waals surface area contributed by atoms with Crippen LogP contribution in [0.1, 0.15) is 38.2 Å². The van der Waals surface area contributed by atoms with Crippen molar-refractivity contribution in [1.29, 1.82) is 0 Å². The number of amides is 1. The topological polar surface area (TPSA) is 41.1 Å².